The topological polar surface area (TPSA) is 73.5 Å². The van der Waals surface area contributed by atoms with Gasteiger partial charge in [-0.05, 0) is 25.3 Å². The maximum Gasteiger partial charge on any atom is 0.231 e. The van der Waals surface area contributed by atoms with Crippen LogP contribution >= 0.6 is 0 Å². The molecule has 1 aliphatic heterocycles. The summed E-state index contributed by atoms with van der Waals surface area (Å²) in [6.45, 7) is 2.65. The zero-order valence-corrected chi connectivity index (χ0v) is 10.9. The van der Waals surface area contributed by atoms with Crippen molar-refractivity contribution in [1.29, 1.82) is 0 Å². The predicted molar refractivity (Wildman–Crippen MR) is 69.1 cm³/mol. The Morgan fingerprint density at radius 3 is 2.56 bits per heavy atom. The first-order valence-electron chi connectivity index (χ1n) is 6.19. The van der Waals surface area contributed by atoms with E-state index >= 15 is 0 Å². The van der Waals surface area contributed by atoms with Crippen LogP contribution in [-0.2, 0) is 0 Å². The molecule has 2 N–H and O–H groups in total. The molecule has 0 aromatic carbocycles. The zero-order chi connectivity index (χ0) is 13.0. The summed E-state index contributed by atoms with van der Waals surface area (Å²) in [6, 6.07) is 1.68. The van der Waals surface area contributed by atoms with Gasteiger partial charge < -0.3 is 20.1 Å². The van der Waals surface area contributed by atoms with Crippen molar-refractivity contribution in [3.8, 4) is 11.8 Å². The van der Waals surface area contributed by atoms with E-state index in [1.165, 1.54) is 0 Å². The van der Waals surface area contributed by atoms with Crippen molar-refractivity contribution in [2.75, 3.05) is 38.8 Å². The van der Waals surface area contributed by atoms with Crippen LogP contribution in [0, 0.1) is 5.92 Å². The smallest absolute Gasteiger partial charge is 0.231 e. The lowest BCUT2D eigenvalue weighted by Crippen LogP contribution is -2.23. The van der Waals surface area contributed by atoms with Gasteiger partial charge in [-0.2, -0.15) is 9.97 Å². The fraction of sp³-hybridized carbons (Fsp3) is 0.667. The molecule has 2 rings (SSSR count). The van der Waals surface area contributed by atoms with Crippen LogP contribution in [0.5, 0.6) is 11.8 Å². The highest BCUT2D eigenvalue weighted by Gasteiger charge is 2.24. The summed E-state index contributed by atoms with van der Waals surface area (Å²) < 4.78 is 10.3. The number of nitrogens with zero attached hydrogens (tertiary/aromatic N) is 3. The van der Waals surface area contributed by atoms with E-state index < -0.39 is 0 Å². The monoisotopic (exact) mass is 252 g/mol. The predicted octanol–water partition coefficient (Wildman–Crippen LogP) is 0.669. The molecule has 1 aliphatic rings. The van der Waals surface area contributed by atoms with Gasteiger partial charge in [-0.1, -0.05) is 0 Å². The molecule has 0 radical (unpaired) electrons. The molecule has 18 heavy (non-hydrogen) atoms. The SMILES string of the molecule is COc1cc(OC)nc(N2CCC(CCN)C2)n1. The van der Waals surface area contributed by atoms with Crippen molar-refractivity contribution in [3.05, 3.63) is 6.07 Å². The van der Waals surface area contributed by atoms with Gasteiger partial charge in [-0.15, -0.1) is 0 Å². The van der Waals surface area contributed by atoms with E-state index in [0.717, 1.165) is 32.5 Å². The molecule has 100 valence electrons. The van der Waals surface area contributed by atoms with Crippen LogP contribution in [0.25, 0.3) is 0 Å². The normalized spacial score (nSPS) is 19.1. The maximum atomic E-state index is 5.59. The third-order valence-corrected chi connectivity index (χ3v) is 3.23. The Hall–Kier alpha value is -1.56. The van der Waals surface area contributed by atoms with Crippen molar-refractivity contribution < 1.29 is 9.47 Å². The van der Waals surface area contributed by atoms with E-state index in [0.29, 0.717) is 23.6 Å². The standard InChI is InChI=1S/C12H20N4O2/c1-17-10-7-11(18-2)15-12(14-10)16-6-4-9(8-16)3-5-13/h7,9H,3-6,8,13H2,1-2H3. The second-order valence-electron chi connectivity index (χ2n) is 4.43. The average molecular weight is 252 g/mol. The molecule has 1 fully saturated rings. The summed E-state index contributed by atoms with van der Waals surface area (Å²) in [5, 5.41) is 0. The highest BCUT2D eigenvalue weighted by atomic mass is 16.5. The van der Waals surface area contributed by atoms with Gasteiger partial charge in [0.2, 0.25) is 17.7 Å². The van der Waals surface area contributed by atoms with Crippen LogP contribution in [0.15, 0.2) is 6.07 Å². The number of hydrogen-bond acceptors (Lipinski definition) is 6. The maximum absolute atomic E-state index is 5.59. The van der Waals surface area contributed by atoms with Crippen LogP contribution < -0.4 is 20.1 Å². The van der Waals surface area contributed by atoms with E-state index in [4.69, 9.17) is 15.2 Å². The summed E-state index contributed by atoms with van der Waals surface area (Å²) in [5.74, 6) is 2.36. The third-order valence-electron chi connectivity index (χ3n) is 3.23. The van der Waals surface area contributed by atoms with Gasteiger partial charge in [0, 0.05) is 13.1 Å². The second kappa shape index (κ2) is 5.86. The van der Waals surface area contributed by atoms with Gasteiger partial charge in [0.1, 0.15) is 0 Å². The van der Waals surface area contributed by atoms with Crippen molar-refractivity contribution in [2.45, 2.75) is 12.8 Å². The van der Waals surface area contributed by atoms with Gasteiger partial charge in [-0.3, -0.25) is 0 Å². The molecule has 6 heteroatoms. The fourth-order valence-corrected chi connectivity index (χ4v) is 2.23. The minimum Gasteiger partial charge on any atom is -0.481 e. The van der Waals surface area contributed by atoms with Crippen LogP contribution in [0.3, 0.4) is 0 Å². The van der Waals surface area contributed by atoms with E-state index in [-0.39, 0.29) is 0 Å². The highest BCUT2D eigenvalue weighted by molar-refractivity contribution is 5.37. The Labute approximate surface area is 107 Å². The van der Waals surface area contributed by atoms with Crippen molar-refractivity contribution >= 4 is 5.95 Å². The Morgan fingerprint density at radius 1 is 1.33 bits per heavy atom. The van der Waals surface area contributed by atoms with Gasteiger partial charge in [-0.25, -0.2) is 0 Å². The number of rotatable bonds is 5. The van der Waals surface area contributed by atoms with E-state index in [1.54, 1.807) is 20.3 Å². The highest BCUT2D eigenvalue weighted by Crippen LogP contribution is 2.26. The molecule has 6 nitrogen and oxygen atoms in total. The molecule has 1 unspecified atom stereocenters. The molecular formula is C12H20N4O2. The minimum absolute atomic E-state index is 0.527. The molecular weight excluding hydrogens is 232 g/mol. The Bertz CT molecular complexity index is 377. The van der Waals surface area contributed by atoms with Crippen LogP contribution in [0.4, 0.5) is 5.95 Å². The molecule has 0 aliphatic carbocycles. The molecule has 1 aromatic heterocycles. The second-order valence-corrected chi connectivity index (χ2v) is 4.43. The first kappa shape index (κ1) is 12.9. The first-order valence-corrected chi connectivity index (χ1v) is 6.19. The Balaban J connectivity index is 2.13. The summed E-state index contributed by atoms with van der Waals surface area (Å²) in [4.78, 5) is 10.9. The molecule has 0 saturated carbocycles. The summed E-state index contributed by atoms with van der Waals surface area (Å²) >= 11 is 0. The van der Waals surface area contributed by atoms with E-state index in [1.807, 2.05) is 0 Å². The van der Waals surface area contributed by atoms with Gasteiger partial charge in [0.15, 0.2) is 0 Å². The van der Waals surface area contributed by atoms with Gasteiger partial charge >= 0.3 is 0 Å². The lowest BCUT2D eigenvalue weighted by molar-refractivity contribution is 0.371. The number of anilines is 1. The molecule has 0 amide bonds. The lowest BCUT2D eigenvalue weighted by Gasteiger charge is -2.17. The number of ether oxygens (including phenoxy) is 2. The van der Waals surface area contributed by atoms with Crippen molar-refractivity contribution in [2.24, 2.45) is 11.7 Å². The molecule has 1 saturated heterocycles. The molecule has 0 spiro atoms. The number of methoxy groups -OCH3 is 2. The largest absolute Gasteiger partial charge is 0.481 e. The molecule has 1 aromatic rings. The molecule has 0 bridgehead atoms. The van der Waals surface area contributed by atoms with E-state index in [9.17, 15) is 0 Å². The van der Waals surface area contributed by atoms with Crippen molar-refractivity contribution in [3.63, 3.8) is 0 Å². The summed E-state index contributed by atoms with van der Waals surface area (Å²) in [7, 11) is 3.18. The van der Waals surface area contributed by atoms with Crippen LogP contribution in [0.2, 0.25) is 0 Å². The quantitative estimate of drug-likeness (QED) is 0.830. The molecule has 1 atom stereocenters. The van der Waals surface area contributed by atoms with E-state index in [2.05, 4.69) is 14.9 Å². The number of nitrogens with two attached hydrogens (primary N) is 1. The Kier molecular flexibility index (Phi) is 4.19. The lowest BCUT2D eigenvalue weighted by atomic mass is 10.1. The Morgan fingerprint density at radius 2 is 2.00 bits per heavy atom. The molecule has 2 heterocycles. The van der Waals surface area contributed by atoms with Gasteiger partial charge in [0.05, 0.1) is 20.3 Å². The summed E-state index contributed by atoms with van der Waals surface area (Å²) in [5.41, 5.74) is 5.59. The van der Waals surface area contributed by atoms with Crippen LogP contribution in [-0.4, -0.2) is 43.8 Å². The van der Waals surface area contributed by atoms with Gasteiger partial charge in [0.25, 0.3) is 0 Å². The minimum atomic E-state index is 0.527. The third kappa shape index (κ3) is 2.81. The average Bonchev–Trinajstić information content (AvgIpc) is 2.87. The summed E-state index contributed by atoms with van der Waals surface area (Å²) in [6.07, 6.45) is 2.19. The number of hydrogen-bond donors (Lipinski definition) is 1. The number of aromatic nitrogens is 2. The zero-order valence-electron chi connectivity index (χ0n) is 10.9. The van der Waals surface area contributed by atoms with Crippen LogP contribution in [0.1, 0.15) is 12.8 Å². The fourth-order valence-electron chi connectivity index (χ4n) is 2.23. The first-order chi connectivity index (χ1) is 8.76. The van der Waals surface area contributed by atoms with Crippen molar-refractivity contribution in [1.82, 2.24) is 9.97 Å².